The van der Waals surface area contributed by atoms with Crippen LogP contribution in [0, 0.1) is 0 Å². The van der Waals surface area contributed by atoms with Gasteiger partial charge in [0.1, 0.15) is 6.04 Å². The molecule has 3 rings (SSSR count). The molecule has 0 heterocycles. The molecule has 3 aromatic carbocycles. The Balaban J connectivity index is 1.71. The van der Waals surface area contributed by atoms with E-state index in [4.69, 9.17) is 0 Å². The highest BCUT2D eigenvalue weighted by Gasteiger charge is 2.30. The summed E-state index contributed by atoms with van der Waals surface area (Å²) in [7, 11) is 0. The van der Waals surface area contributed by atoms with Gasteiger partial charge < -0.3 is 15.7 Å². The number of anilines is 1. The van der Waals surface area contributed by atoms with Gasteiger partial charge in [0.05, 0.1) is 12.2 Å². The van der Waals surface area contributed by atoms with E-state index in [1.807, 2.05) is 24.3 Å². The van der Waals surface area contributed by atoms with Crippen LogP contribution in [0.4, 0.5) is 18.9 Å². The molecule has 29 heavy (non-hydrogen) atoms. The van der Waals surface area contributed by atoms with Crippen LogP contribution in [-0.2, 0) is 11.0 Å². The largest absolute Gasteiger partial charge is 0.416 e. The number of hydrogen-bond acceptors (Lipinski definition) is 3. The Morgan fingerprint density at radius 1 is 0.931 bits per heavy atom. The monoisotopic (exact) mass is 402 g/mol. The highest BCUT2D eigenvalue weighted by molar-refractivity contribution is 6.03. The van der Waals surface area contributed by atoms with Crippen LogP contribution in [0.5, 0.6) is 0 Å². The summed E-state index contributed by atoms with van der Waals surface area (Å²) in [4.78, 5) is 24.8. The smallest absolute Gasteiger partial charge is 0.394 e. The fourth-order valence-electron chi connectivity index (χ4n) is 2.77. The molecule has 8 heteroatoms. The second-order valence-electron chi connectivity index (χ2n) is 6.34. The summed E-state index contributed by atoms with van der Waals surface area (Å²) in [5.74, 6) is -1.42. The van der Waals surface area contributed by atoms with Crippen molar-refractivity contribution < 1.29 is 27.9 Å². The van der Waals surface area contributed by atoms with Gasteiger partial charge >= 0.3 is 6.18 Å². The molecule has 2 amide bonds. The molecule has 0 saturated carbocycles. The second-order valence-corrected chi connectivity index (χ2v) is 6.34. The van der Waals surface area contributed by atoms with Crippen LogP contribution < -0.4 is 10.6 Å². The number of fused-ring (bicyclic) bond motifs is 1. The van der Waals surface area contributed by atoms with Crippen LogP contribution in [-0.4, -0.2) is 29.6 Å². The van der Waals surface area contributed by atoms with Gasteiger partial charge in [-0.15, -0.1) is 0 Å². The SMILES string of the molecule is O=C(N[C@@H](CO)C(=O)Nc1cccc(C(F)(F)F)c1)c1ccc2ccccc2c1. The van der Waals surface area contributed by atoms with Gasteiger partial charge in [-0.2, -0.15) is 13.2 Å². The van der Waals surface area contributed by atoms with E-state index in [2.05, 4.69) is 10.6 Å². The summed E-state index contributed by atoms with van der Waals surface area (Å²) in [6.45, 7) is -0.718. The Labute approximate surface area is 164 Å². The lowest BCUT2D eigenvalue weighted by atomic mass is 10.1. The predicted octanol–water partition coefficient (Wildman–Crippen LogP) is 3.59. The van der Waals surface area contributed by atoms with Crippen LogP contribution in [0.15, 0.2) is 66.7 Å². The summed E-state index contributed by atoms with van der Waals surface area (Å²) in [5, 5.41) is 15.9. The Bertz CT molecular complexity index is 1050. The van der Waals surface area contributed by atoms with E-state index < -0.39 is 36.2 Å². The third kappa shape index (κ3) is 4.91. The number of aliphatic hydroxyl groups excluding tert-OH is 1. The number of aliphatic hydroxyl groups is 1. The van der Waals surface area contributed by atoms with Crippen molar-refractivity contribution in [2.75, 3.05) is 11.9 Å². The summed E-state index contributed by atoms with van der Waals surface area (Å²) in [6.07, 6.45) is -4.55. The zero-order valence-electron chi connectivity index (χ0n) is 15.0. The van der Waals surface area contributed by atoms with E-state index in [1.54, 1.807) is 18.2 Å². The summed E-state index contributed by atoms with van der Waals surface area (Å²) < 4.78 is 38.4. The van der Waals surface area contributed by atoms with Crippen LogP contribution in [0.1, 0.15) is 15.9 Å². The number of rotatable bonds is 5. The van der Waals surface area contributed by atoms with Crippen molar-refractivity contribution >= 4 is 28.3 Å². The minimum atomic E-state index is -4.55. The highest BCUT2D eigenvalue weighted by atomic mass is 19.4. The van der Waals surface area contributed by atoms with E-state index in [1.165, 1.54) is 6.07 Å². The number of hydrogen-bond donors (Lipinski definition) is 3. The normalized spacial score (nSPS) is 12.4. The van der Waals surface area contributed by atoms with Crippen molar-refractivity contribution in [2.45, 2.75) is 12.2 Å². The lowest BCUT2D eigenvalue weighted by Gasteiger charge is -2.17. The summed E-state index contributed by atoms with van der Waals surface area (Å²) in [5.41, 5.74) is -0.728. The zero-order chi connectivity index (χ0) is 21.0. The van der Waals surface area contributed by atoms with Gasteiger partial charge in [0.2, 0.25) is 5.91 Å². The molecule has 0 bridgehead atoms. The highest BCUT2D eigenvalue weighted by Crippen LogP contribution is 2.30. The van der Waals surface area contributed by atoms with Crippen molar-refractivity contribution in [3.63, 3.8) is 0 Å². The predicted molar refractivity (Wildman–Crippen MR) is 102 cm³/mol. The lowest BCUT2D eigenvalue weighted by Crippen LogP contribution is -2.46. The average molecular weight is 402 g/mol. The maximum atomic E-state index is 12.8. The van der Waals surface area contributed by atoms with Gasteiger partial charge in [-0.1, -0.05) is 36.4 Å². The maximum absolute atomic E-state index is 12.8. The quantitative estimate of drug-likeness (QED) is 0.610. The Hall–Kier alpha value is -3.39. The molecule has 0 spiro atoms. The van der Waals surface area contributed by atoms with Gasteiger partial charge in [0.25, 0.3) is 5.91 Å². The van der Waals surface area contributed by atoms with Gasteiger partial charge in [-0.25, -0.2) is 0 Å². The number of nitrogens with one attached hydrogen (secondary N) is 2. The number of benzene rings is 3. The third-order valence-corrected chi connectivity index (χ3v) is 4.27. The topological polar surface area (TPSA) is 78.4 Å². The van der Waals surface area contributed by atoms with Crippen molar-refractivity contribution in [1.82, 2.24) is 5.32 Å². The number of carbonyl (C=O) groups excluding carboxylic acids is 2. The minimum absolute atomic E-state index is 0.0942. The van der Waals surface area contributed by atoms with Gasteiger partial charge in [0.15, 0.2) is 0 Å². The van der Waals surface area contributed by atoms with E-state index in [9.17, 15) is 27.9 Å². The molecular weight excluding hydrogens is 385 g/mol. The molecule has 0 saturated heterocycles. The first-order valence-corrected chi connectivity index (χ1v) is 8.66. The molecule has 0 aliphatic rings. The Morgan fingerprint density at radius 3 is 2.34 bits per heavy atom. The number of halogens is 3. The number of amides is 2. The van der Waals surface area contributed by atoms with E-state index >= 15 is 0 Å². The van der Waals surface area contributed by atoms with Gasteiger partial charge in [0, 0.05) is 11.3 Å². The molecule has 1 atom stereocenters. The zero-order valence-corrected chi connectivity index (χ0v) is 15.0. The fraction of sp³-hybridized carbons (Fsp3) is 0.143. The number of alkyl halides is 3. The third-order valence-electron chi connectivity index (χ3n) is 4.27. The molecule has 5 nitrogen and oxygen atoms in total. The fourth-order valence-corrected chi connectivity index (χ4v) is 2.77. The van der Waals surface area contributed by atoms with Crippen molar-refractivity contribution in [3.8, 4) is 0 Å². The van der Waals surface area contributed by atoms with Crippen LogP contribution in [0.3, 0.4) is 0 Å². The molecular formula is C21H17F3N2O3. The molecule has 0 fully saturated rings. The van der Waals surface area contributed by atoms with E-state index in [0.717, 1.165) is 29.0 Å². The average Bonchev–Trinajstić information content (AvgIpc) is 2.71. The first kappa shape index (κ1) is 20.3. The van der Waals surface area contributed by atoms with Crippen molar-refractivity contribution in [2.24, 2.45) is 0 Å². The first-order chi connectivity index (χ1) is 13.8. The van der Waals surface area contributed by atoms with Crippen LogP contribution in [0.25, 0.3) is 10.8 Å². The second kappa shape index (κ2) is 8.32. The molecule has 0 unspecified atom stereocenters. The summed E-state index contributed by atoms with van der Waals surface area (Å²) in [6, 6.07) is 15.1. The first-order valence-electron chi connectivity index (χ1n) is 8.66. The standard InChI is InChI=1S/C21H17F3N2O3/c22-21(23,24)16-6-3-7-17(11-16)25-20(29)18(12-27)26-19(28)15-9-8-13-4-1-2-5-14(13)10-15/h1-11,18,27H,12H2,(H,25,29)(H,26,28)/t18-/m0/s1. The number of carbonyl (C=O) groups is 2. The van der Waals surface area contributed by atoms with Crippen molar-refractivity contribution in [3.05, 3.63) is 77.9 Å². The molecule has 3 N–H and O–H groups in total. The molecule has 0 aliphatic heterocycles. The van der Waals surface area contributed by atoms with Crippen molar-refractivity contribution in [1.29, 1.82) is 0 Å². The van der Waals surface area contributed by atoms with Crippen LogP contribution >= 0.6 is 0 Å². The van der Waals surface area contributed by atoms with Crippen LogP contribution in [0.2, 0.25) is 0 Å². The molecule has 0 aromatic heterocycles. The maximum Gasteiger partial charge on any atom is 0.416 e. The Morgan fingerprint density at radius 2 is 1.66 bits per heavy atom. The van der Waals surface area contributed by atoms with Gasteiger partial charge in [-0.05, 0) is 41.1 Å². The summed E-state index contributed by atoms with van der Waals surface area (Å²) >= 11 is 0. The molecule has 3 aromatic rings. The lowest BCUT2D eigenvalue weighted by molar-refractivity contribution is -0.137. The van der Waals surface area contributed by atoms with E-state index in [0.29, 0.717) is 0 Å². The molecule has 150 valence electrons. The minimum Gasteiger partial charge on any atom is -0.394 e. The van der Waals surface area contributed by atoms with E-state index in [-0.39, 0.29) is 11.3 Å². The molecule has 0 radical (unpaired) electrons. The molecule has 0 aliphatic carbocycles. The van der Waals surface area contributed by atoms with Gasteiger partial charge in [-0.3, -0.25) is 9.59 Å². The Kier molecular flexibility index (Phi) is 5.84.